The van der Waals surface area contributed by atoms with E-state index in [4.69, 9.17) is 0 Å². The lowest BCUT2D eigenvalue weighted by Gasteiger charge is -2.23. The van der Waals surface area contributed by atoms with Crippen LogP contribution in [0.2, 0.25) is 0 Å². The second-order valence-electron chi connectivity index (χ2n) is 4.22. The minimum Gasteiger partial charge on any atom is -0.299 e. The van der Waals surface area contributed by atoms with Gasteiger partial charge < -0.3 is 0 Å². The zero-order valence-corrected chi connectivity index (χ0v) is 9.56. The van der Waals surface area contributed by atoms with Crippen LogP contribution >= 0.6 is 12.6 Å². The van der Waals surface area contributed by atoms with E-state index in [1.54, 1.807) is 0 Å². The predicted octanol–water partition coefficient (Wildman–Crippen LogP) is 2.27. The first-order chi connectivity index (χ1) is 6.65. The van der Waals surface area contributed by atoms with E-state index in [2.05, 4.69) is 19.6 Å². The maximum absolute atomic E-state index is 11.2. The van der Waals surface area contributed by atoms with Crippen molar-refractivity contribution in [3.63, 3.8) is 0 Å². The van der Waals surface area contributed by atoms with Crippen molar-refractivity contribution in [3.05, 3.63) is 0 Å². The normalized spacial score (nSPS) is 21.3. The number of hydrogen-bond acceptors (Lipinski definition) is 3. The molecule has 1 atom stereocenters. The Balaban J connectivity index is 2.43. The average molecular weight is 214 g/mol. The molecule has 0 aromatic carbocycles. The minimum atomic E-state index is 0.125. The number of rotatable bonds is 4. The van der Waals surface area contributed by atoms with E-state index >= 15 is 0 Å². The molecule has 1 saturated carbocycles. The van der Waals surface area contributed by atoms with Gasteiger partial charge in [0.1, 0.15) is 11.6 Å². The largest absolute Gasteiger partial charge is 0.299 e. The van der Waals surface area contributed by atoms with E-state index in [9.17, 15) is 9.59 Å². The molecule has 80 valence electrons. The molecule has 1 unspecified atom stereocenters. The average Bonchev–Trinajstić information content (AvgIpc) is 2.12. The van der Waals surface area contributed by atoms with Gasteiger partial charge in [0, 0.05) is 12.8 Å². The van der Waals surface area contributed by atoms with Crippen LogP contribution in [0.1, 0.15) is 39.0 Å². The van der Waals surface area contributed by atoms with Gasteiger partial charge in [0.05, 0.1) is 6.42 Å². The van der Waals surface area contributed by atoms with Gasteiger partial charge in [-0.05, 0) is 24.0 Å². The lowest BCUT2D eigenvalue weighted by atomic mass is 9.81. The van der Waals surface area contributed by atoms with E-state index < -0.39 is 0 Å². The van der Waals surface area contributed by atoms with Crippen molar-refractivity contribution >= 4 is 24.2 Å². The van der Waals surface area contributed by atoms with Crippen molar-refractivity contribution in [1.82, 2.24) is 0 Å². The van der Waals surface area contributed by atoms with Crippen molar-refractivity contribution < 1.29 is 9.59 Å². The molecule has 14 heavy (non-hydrogen) atoms. The first-order valence-corrected chi connectivity index (χ1v) is 5.93. The summed E-state index contributed by atoms with van der Waals surface area (Å²) in [6, 6.07) is 0. The predicted molar refractivity (Wildman–Crippen MR) is 59.6 cm³/mol. The van der Waals surface area contributed by atoms with Gasteiger partial charge in [0.2, 0.25) is 0 Å². The summed E-state index contributed by atoms with van der Waals surface area (Å²) in [7, 11) is 0. The third-order valence-corrected chi connectivity index (χ3v) is 3.45. The van der Waals surface area contributed by atoms with Crippen molar-refractivity contribution in [2.75, 3.05) is 5.75 Å². The van der Waals surface area contributed by atoms with Crippen LogP contribution in [0.15, 0.2) is 0 Å². The third kappa shape index (κ3) is 3.45. The highest BCUT2D eigenvalue weighted by Gasteiger charge is 2.26. The third-order valence-electron chi connectivity index (χ3n) is 2.93. The van der Waals surface area contributed by atoms with Crippen LogP contribution in [0.25, 0.3) is 0 Å². The summed E-state index contributed by atoms with van der Waals surface area (Å²) >= 11 is 4.27. The van der Waals surface area contributed by atoms with E-state index in [0.29, 0.717) is 24.7 Å². The Kier molecular flexibility index (Phi) is 4.66. The van der Waals surface area contributed by atoms with Crippen molar-refractivity contribution in [1.29, 1.82) is 0 Å². The SMILES string of the molecule is CCC(CS)CC1CC(=O)CC(=O)C1. The minimum absolute atomic E-state index is 0.125. The monoisotopic (exact) mass is 214 g/mol. The molecule has 0 N–H and O–H groups in total. The molecule has 0 bridgehead atoms. The Morgan fingerprint density at radius 1 is 1.36 bits per heavy atom. The fourth-order valence-corrected chi connectivity index (χ4v) is 2.50. The number of ketones is 2. The smallest absolute Gasteiger partial charge is 0.140 e. The number of carbonyl (C=O) groups excluding carboxylic acids is 2. The summed E-state index contributed by atoms with van der Waals surface area (Å²) in [6.07, 6.45) is 3.46. The van der Waals surface area contributed by atoms with Crippen molar-refractivity contribution in [2.45, 2.75) is 39.0 Å². The topological polar surface area (TPSA) is 34.1 Å². The summed E-state index contributed by atoms with van der Waals surface area (Å²) < 4.78 is 0. The lowest BCUT2D eigenvalue weighted by Crippen LogP contribution is -2.24. The Bertz CT molecular complexity index is 205. The van der Waals surface area contributed by atoms with Gasteiger partial charge >= 0.3 is 0 Å². The molecule has 0 saturated heterocycles. The van der Waals surface area contributed by atoms with Crippen LogP contribution in [0.4, 0.5) is 0 Å². The van der Waals surface area contributed by atoms with E-state index in [1.807, 2.05) is 0 Å². The molecule has 0 aromatic rings. The van der Waals surface area contributed by atoms with Crippen LogP contribution in [-0.4, -0.2) is 17.3 Å². The molecule has 0 spiro atoms. The van der Waals surface area contributed by atoms with Gasteiger partial charge in [0.25, 0.3) is 0 Å². The molecule has 1 rings (SSSR count). The molecule has 0 heterocycles. The van der Waals surface area contributed by atoms with Crippen LogP contribution in [0.5, 0.6) is 0 Å². The van der Waals surface area contributed by atoms with Gasteiger partial charge in [-0.1, -0.05) is 13.3 Å². The maximum atomic E-state index is 11.2. The van der Waals surface area contributed by atoms with Gasteiger partial charge in [-0.3, -0.25) is 9.59 Å². The molecule has 0 amide bonds. The van der Waals surface area contributed by atoms with Gasteiger partial charge in [0.15, 0.2) is 0 Å². The first-order valence-electron chi connectivity index (χ1n) is 5.30. The van der Waals surface area contributed by atoms with E-state index in [1.165, 1.54) is 0 Å². The molecule has 1 aliphatic rings. The zero-order chi connectivity index (χ0) is 10.6. The first kappa shape index (κ1) is 11.8. The van der Waals surface area contributed by atoms with Gasteiger partial charge in [-0.2, -0.15) is 12.6 Å². The molecule has 2 nitrogen and oxygen atoms in total. The quantitative estimate of drug-likeness (QED) is 0.575. The zero-order valence-electron chi connectivity index (χ0n) is 8.66. The number of thiol groups is 1. The molecule has 3 heteroatoms. The summed E-state index contributed by atoms with van der Waals surface area (Å²) in [5.41, 5.74) is 0. The molecule has 0 aromatic heterocycles. The van der Waals surface area contributed by atoms with Crippen molar-refractivity contribution in [2.24, 2.45) is 11.8 Å². The molecule has 1 aliphatic carbocycles. The summed E-state index contributed by atoms with van der Waals surface area (Å²) in [6.45, 7) is 2.13. The Morgan fingerprint density at radius 2 is 1.93 bits per heavy atom. The van der Waals surface area contributed by atoms with E-state index in [-0.39, 0.29) is 18.0 Å². The fourth-order valence-electron chi connectivity index (χ4n) is 2.09. The lowest BCUT2D eigenvalue weighted by molar-refractivity contribution is -0.131. The second kappa shape index (κ2) is 5.54. The number of Topliss-reactive ketones (excluding diaryl/α,β-unsaturated/α-hetero) is 2. The van der Waals surface area contributed by atoms with E-state index in [0.717, 1.165) is 18.6 Å². The molecule has 0 radical (unpaired) electrons. The van der Waals surface area contributed by atoms with Crippen LogP contribution in [0, 0.1) is 11.8 Å². The second-order valence-corrected chi connectivity index (χ2v) is 4.59. The number of hydrogen-bond donors (Lipinski definition) is 1. The highest BCUT2D eigenvalue weighted by molar-refractivity contribution is 7.80. The Morgan fingerprint density at radius 3 is 2.36 bits per heavy atom. The molecular weight excluding hydrogens is 196 g/mol. The maximum Gasteiger partial charge on any atom is 0.140 e. The Hall–Kier alpha value is -0.310. The number of carbonyl (C=O) groups is 2. The summed E-state index contributed by atoms with van der Waals surface area (Å²) in [4.78, 5) is 22.4. The van der Waals surface area contributed by atoms with Gasteiger partial charge in [-0.25, -0.2) is 0 Å². The van der Waals surface area contributed by atoms with Gasteiger partial charge in [-0.15, -0.1) is 0 Å². The summed E-state index contributed by atoms with van der Waals surface area (Å²) in [5, 5.41) is 0. The van der Waals surface area contributed by atoms with Crippen LogP contribution < -0.4 is 0 Å². The fraction of sp³-hybridized carbons (Fsp3) is 0.818. The highest BCUT2D eigenvalue weighted by Crippen LogP contribution is 2.27. The van der Waals surface area contributed by atoms with Crippen molar-refractivity contribution in [3.8, 4) is 0 Å². The Labute approximate surface area is 90.9 Å². The van der Waals surface area contributed by atoms with Crippen LogP contribution in [-0.2, 0) is 9.59 Å². The molecular formula is C11H18O2S. The van der Waals surface area contributed by atoms with Crippen LogP contribution in [0.3, 0.4) is 0 Å². The molecule has 0 aliphatic heterocycles. The highest BCUT2D eigenvalue weighted by atomic mass is 32.1. The summed E-state index contributed by atoms with van der Waals surface area (Å²) in [5.74, 6) is 1.96. The molecule has 1 fully saturated rings. The standard InChI is InChI=1S/C11H18O2S/c1-2-8(7-14)3-9-4-10(12)6-11(13)5-9/h8-9,14H,2-7H2,1H3.